The molecule has 3 amide bonds. The molecule has 29 heavy (non-hydrogen) atoms. The smallest absolute Gasteiger partial charge is 0.333 e. The van der Waals surface area contributed by atoms with Crippen LogP contribution in [0.5, 0.6) is 0 Å². The van der Waals surface area contributed by atoms with Crippen molar-refractivity contribution in [2.24, 2.45) is 0 Å². The zero-order chi connectivity index (χ0) is 21.6. The van der Waals surface area contributed by atoms with Crippen molar-refractivity contribution < 1.29 is 48.8 Å². The van der Waals surface area contributed by atoms with E-state index in [9.17, 15) is 34.5 Å². The van der Waals surface area contributed by atoms with Gasteiger partial charge < -0.3 is 34.9 Å². The first-order chi connectivity index (χ1) is 13.7. The van der Waals surface area contributed by atoms with E-state index >= 15 is 0 Å². The number of carbonyl (C=O) groups is 4. The summed E-state index contributed by atoms with van der Waals surface area (Å²) in [5, 5.41) is 32.2. The van der Waals surface area contributed by atoms with Crippen LogP contribution in [0, 0.1) is 0 Å². The minimum absolute atomic E-state index is 0.0200. The number of unbranched alkanes of at least 4 members (excludes halogenated alkanes) is 1. The summed E-state index contributed by atoms with van der Waals surface area (Å²) in [5.74, 6) is -2.29. The van der Waals surface area contributed by atoms with Crippen molar-refractivity contribution in [3.63, 3.8) is 0 Å². The second kappa shape index (κ2) is 10.6. The second-order valence-electron chi connectivity index (χ2n) is 6.81. The molecule has 5 unspecified atom stereocenters. The molecule has 2 saturated heterocycles. The second-order valence-corrected chi connectivity index (χ2v) is 6.81. The van der Waals surface area contributed by atoms with E-state index in [2.05, 4.69) is 5.32 Å². The van der Waals surface area contributed by atoms with Crippen molar-refractivity contribution in [3.05, 3.63) is 0 Å². The lowest BCUT2D eigenvalue weighted by Crippen LogP contribution is -2.64. The molecule has 0 radical (unpaired) electrons. The van der Waals surface area contributed by atoms with Gasteiger partial charge in [0.15, 0.2) is 6.29 Å². The van der Waals surface area contributed by atoms with Crippen LogP contribution in [0.2, 0.25) is 0 Å². The maximum absolute atomic E-state index is 11.7. The summed E-state index contributed by atoms with van der Waals surface area (Å²) in [7, 11) is 0. The van der Waals surface area contributed by atoms with Crippen LogP contribution in [0.25, 0.3) is 0 Å². The van der Waals surface area contributed by atoms with Crippen molar-refractivity contribution in [3.8, 4) is 0 Å². The van der Waals surface area contributed by atoms with Crippen LogP contribution in [0.1, 0.15) is 39.0 Å². The number of hydrogen-bond donors (Lipinski definition) is 4. The first kappa shape index (κ1) is 23.2. The van der Waals surface area contributed by atoms with Gasteiger partial charge in [-0.05, 0) is 12.8 Å². The maximum atomic E-state index is 11.7. The highest BCUT2D eigenvalue weighted by Crippen LogP contribution is 2.22. The van der Waals surface area contributed by atoms with Crippen molar-refractivity contribution in [1.82, 2.24) is 10.4 Å². The molecule has 5 atom stereocenters. The van der Waals surface area contributed by atoms with Crippen LogP contribution in [-0.4, -0.2) is 87.9 Å². The Labute approximate surface area is 166 Å². The molecule has 2 fully saturated rings. The normalized spacial score (nSPS) is 29.8. The average molecular weight is 418 g/mol. The number of rotatable bonds is 9. The molecule has 0 aromatic carbocycles. The lowest BCUT2D eigenvalue weighted by atomic mass is 9.97. The van der Waals surface area contributed by atoms with Crippen molar-refractivity contribution in [2.75, 3.05) is 13.2 Å². The van der Waals surface area contributed by atoms with E-state index in [1.165, 1.54) is 6.92 Å². The molecular formula is C17H26N2O10. The van der Waals surface area contributed by atoms with Gasteiger partial charge in [0, 0.05) is 32.8 Å². The molecule has 0 spiro atoms. The van der Waals surface area contributed by atoms with Gasteiger partial charge in [-0.2, -0.15) is 0 Å². The minimum Gasteiger partial charge on any atom is -0.394 e. The molecule has 4 N–H and O–H groups in total. The fraction of sp³-hybridized carbons (Fsp3) is 0.765. The van der Waals surface area contributed by atoms with Crippen LogP contribution >= 0.6 is 0 Å². The van der Waals surface area contributed by atoms with Gasteiger partial charge in [-0.3, -0.25) is 14.4 Å². The number of aliphatic hydroxyl groups is 3. The van der Waals surface area contributed by atoms with E-state index in [-0.39, 0.29) is 25.9 Å². The quantitative estimate of drug-likeness (QED) is 0.236. The highest BCUT2D eigenvalue weighted by atomic mass is 16.7. The summed E-state index contributed by atoms with van der Waals surface area (Å²) in [6.45, 7) is 0.761. The molecule has 0 aromatic heterocycles. The van der Waals surface area contributed by atoms with E-state index in [1.54, 1.807) is 0 Å². The van der Waals surface area contributed by atoms with Gasteiger partial charge in [0.2, 0.25) is 5.91 Å². The molecular weight excluding hydrogens is 392 g/mol. The van der Waals surface area contributed by atoms with Gasteiger partial charge >= 0.3 is 5.97 Å². The SMILES string of the molecule is CC(=O)NC1C(OCCCCC(=O)ON2C(=O)CCC2=O)OC(CO)C(O)C1O. The molecule has 0 bridgehead atoms. The van der Waals surface area contributed by atoms with Crippen LogP contribution in [0.15, 0.2) is 0 Å². The lowest BCUT2D eigenvalue weighted by Gasteiger charge is -2.42. The first-order valence-electron chi connectivity index (χ1n) is 9.32. The van der Waals surface area contributed by atoms with Gasteiger partial charge in [0.05, 0.1) is 6.61 Å². The zero-order valence-electron chi connectivity index (χ0n) is 16.0. The number of amides is 3. The first-order valence-corrected chi connectivity index (χ1v) is 9.32. The molecule has 0 aromatic rings. The molecule has 164 valence electrons. The zero-order valence-corrected chi connectivity index (χ0v) is 16.0. The fourth-order valence-corrected chi connectivity index (χ4v) is 2.99. The van der Waals surface area contributed by atoms with E-state index in [4.69, 9.17) is 14.3 Å². The number of ether oxygens (including phenoxy) is 2. The van der Waals surface area contributed by atoms with Crippen LogP contribution in [-0.2, 0) is 33.5 Å². The van der Waals surface area contributed by atoms with E-state index in [0.717, 1.165) is 0 Å². The molecule has 2 rings (SSSR count). The standard InChI is InChI=1S/C17H26N2O10/c1-9(21)18-14-16(26)15(25)10(8-20)28-17(14)27-7-3-2-4-13(24)29-19-11(22)5-6-12(19)23/h10,14-17,20,25-26H,2-8H2,1H3,(H,18,21). The highest BCUT2D eigenvalue weighted by molar-refractivity contribution is 6.01. The Balaban J connectivity index is 1.75. The van der Waals surface area contributed by atoms with Crippen molar-refractivity contribution >= 4 is 23.7 Å². The summed E-state index contributed by atoms with van der Waals surface area (Å²) in [6, 6.07) is -1.04. The number of aliphatic hydroxyl groups excluding tert-OH is 3. The van der Waals surface area contributed by atoms with Crippen molar-refractivity contribution in [2.45, 2.75) is 69.7 Å². The number of imide groups is 1. The summed E-state index contributed by atoms with van der Waals surface area (Å²) in [5.41, 5.74) is 0. The number of nitrogens with one attached hydrogen (secondary N) is 1. The molecule has 12 nitrogen and oxygen atoms in total. The third kappa shape index (κ3) is 6.18. The topological polar surface area (TPSA) is 172 Å². The lowest BCUT2D eigenvalue weighted by molar-refractivity contribution is -0.270. The number of hydrogen-bond acceptors (Lipinski definition) is 10. The Morgan fingerprint density at radius 1 is 1.17 bits per heavy atom. The number of carbonyl (C=O) groups excluding carboxylic acids is 4. The summed E-state index contributed by atoms with van der Waals surface area (Å²) in [4.78, 5) is 50.6. The van der Waals surface area contributed by atoms with Crippen LogP contribution in [0.3, 0.4) is 0 Å². The Kier molecular flexibility index (Phi) is 8.46. The Morgan fingerprint density at radius 2 is 1.83 bits per heavy atom. The Bertz CT molecular complexity index is 611. The predicted octanol–water partition coefficient (Wildman–Crippen LogP) is -2.28. The summed E-state index contributed by atoms with van der Waals surface area (Å²) >= 11 is 0. The minimum atomic E-state index is -1.40. The van der Waals surface area contributed by atoms with Gasteiger partial charge in [-0.15, -0.1) is 5.06 Å². The van der Waals surface area contributed by atoms with Crippen LogP contribution < -0.4 is 5.32 Å². The molecule has 12 heteroatoms. The van der Waals surface area contributed by atoms with Crippen LogP contribution in [0.4, 0.5) is 0 Å². The third-order valence-electron chi connectivity index (χ3n) is 4.51. The molecule has 0 saturated carbocycles. The fourth-order valence-electron chi connectivity index (χ4n) is 2.99. The molecule has 2 aliphatic heterocycles. The maximum Gasteiger partial charge on any atom is 0.333 e. The highest BCUT2D eigenvalue weighted by Gasteiger charge is 2.45. The molecule has 0 aliphatic carbocycles. The van der Waals surface area contributed by atoms with E-state index in [0.29, 0.717) is 17.9 Å². The van der Waals surface area contributed by atoms with E-state index in [1.807, 2.05) is 0 Å². The summed E-state index contributed by atoms with van der Waals surface area (Å²) < 4.78 is 10.9. The number of hydroxylamine groups is 2. The van der Waals surface area contributed by atoms with E-state index < -0.39 is 60.9 Å². The van der Waals surface area contributed by atoms with Crippen molar-refractivity contribution in [1.29, 1.82) is 0 Å². The largest absolute Gasteiger partial charge is 0.394 e. The average Bonchev–Trinajstić information content (AvgIpc) is 2.98. The molecule has 2 aliphatic rings. The van der Waals surface area contributed by atoms with Gasteiger partial charge in [0.1, 0.15) is 24.4 Å². The van der Waals surface area contributed by atoms with Gasteiger partial charge in [-0.25, -0.2) is 4.79 Å². The Morgan fingerprint density at radius 3 is 2.41 bits per heavy atom. The predicted molar refractivity (Wildman–Crippen MR) is 92.3 cm³/mol. The number of nitrogens with zero attached hydrogens (tertiary/aromatic N) is 1. The summed E-state index contributed by atoms with van der Waals surface area (Å²) in [6.07, 6.45) is -4.32. The van der Waals surface area contributed by atoms with Gasteiger partial charge in [-0.1, -0.05) is 0 Å². The van der Waals surface area contributed by atoms with Gasteiger partial charge in [0.25, 0.3) is 11.8 Å². The Hall–Kier alpha value is -2.12. The third-order valence-corrected chi connectivity index (χ3v) is 4.51. The monoisotopic (exact) mass is 418 g/mol. The molecule has 2 heterocycles.